The lowest BCUT2D eigenvalue weighted by molar-refractivity contribution is -0.132. The Balaban J connectivity index is 2.10. The second kappa shape index (κ2) is 4.78. The summed E-state index contributed by atoms with van der Waals surface area (Å²) in [4.78, 5) is 13.2. The van der Waals surface area contributed by atoms with Gasteiger partial charge in [0.15, 0.2) is 6.10 Å². The van der Waals surface area contributed by atoms with E-state index in [0.717, 1.165) is 0 Å². The Morgan fingerprint density at radius 2 is 1.94 bits per heavy atom. The molecule has 1 atom stereocenters. The molecule has 0 saturated carbocycles. The van der Waals surface area contributed by atoms with E-state index in [2.05, 4.69) is 0 Å². The van der Waals surface area contributed by atoms with Crippen molar-refractivity contribution < 1.29 is 17.9 Å². The summed E-state index contributed by atoms with van der Waals surface area (Å²) in [6, 6.07) is 5.67. The Morgan fingerprint density at radius 3 is 2.39 bits per heavy atom. The first-order valence-corrected chi connectivity index (χ1v) is 7.65. The quantitative estimate of drug-likeness (QED) is 0.785. The molecular weight excluding hydrogens is 278 g/mol. The lowest BCUT2D eigenvalue weighted by atomic mass is 10.3. The molecule has 0 aliphatic carbocycles. The molecule has 2 rings (SSSR count). The van der Waals surface area contributed by atoms with E-state index >= 15 is 0 Å². The monoisotopic (exact) mass is 289 g/mol. The van der Waals surface area contributed by atoms with Crippen molar-refractivity contribution in [2.75, 3.05) is 13.6 Å². The first-order chi connectivity index (χ1) is 8.38. The number of amides is 1. The number of nitrogens with zero attached hydrogens (tertiary/aromatic N) is 1. The van der Waals surface area contributed by atoms with Crippen LogP contribution in [-0.4, -0.2) is 38.9 Å². The molecule has 0 bridgehead atoms. The molecule has 0 radical (unpaired) electrons. The van der Waals surface area contributed by atoms with E-state index in [4.69, 9.17) is 15.4 Å². The van der Waals surface area contributed by atoms with Crippen molar-refractivity contribution in [3.63, 3.8) is 0 Å². The number of rotatable bonds is 3. The zero-order chi connectivity index (χ0) is 13.3. The summed E-state index contributed by atoms with van der Waals surface area (Å²) in [5, 5.41) is 0. The third kappa shape index (κ3) is 2.76. The SMILES string of the molecule is CN1CCC(Oc2ccc(S(=O)(=O)Cl)cc2)C1=O. The van der Waals surface area contributed by atoms with E-state index in [1.54, 1.807) is 11.9 Å². The number of hydrogen-bond donors (Lipinski definition) is 0. The van der Waals surface area contributed by atoms with Gasteiger partial charge in [0, 0.05) is 30.7 Å². The number of hydrogen-bond acceptors (Lipinski definition) is 4. The van der Waals surface area contributed by atoms with Crippen molar-refractivity contribution in [3.8, 4) is 5.75 Å². The first kappa shape index (κ1) is 13.2. The summed E-state index contributed by atoms with van der Waals surface area (Å²) in [6.07, 6.45) is 0.138. The Kier molecular flexibility index (Phi) is 3.49. The fraction of sp³-hybridized carbons (Fsp3) is 0.364. The van der Waals surface area contributed by atoms with E-state index < -0.39 is 15.2 Å². The van der Waals surface area contributed by atoms with Crippen LogP contribution in [0.3, 0.4) is 0 Å². The number of benzene rings is 1. The average molecular weight is 290 g/mol. The van der Waals surface area contributed by atoms with Gasteiger partial charge in [0.1, 0.15) is 5.75 Å². The van der Waals surface area contributed by atoms with Crippen molar-refractivity contribution in [3.05, 3.63) is 24.3 Å². The number of carbonyl (C=O) groups excluding carboxylic acids is 1. The third-order valence-corrected chi connectivity index (χ3v) is 4.13. The molecule has 7 heteroatoms. The molecule has 1 amide bonds. The normalized spacial score (nSPS) is 20.2. The number of likely N-dealkylation sites (tertiary alicyclic amines) is 1. The predicted molar refractivity (Wildman–Crippen MR) is 66.2 cm³/mol. The van der Waals surface area contributed by atoms with Gasteiger partial charge in [-0.2, -0.15) is 0 Å². The van der Waals surface area contributed by atoms with Crippen LogP contribution in [0.15, 0.2) is 29.2 Å². The largest absolute Gasteiger partial charge is 0.481 e. The number of likely N-dealkylation sites (N-methyl/N-ethyl adjacent to an activating group) is 1. The lowest BCUT2D eigenvalue weighted by Crippen LogP contribution is -2.29. The summed E-state index contributed by atoms with van der Waals surface area (Å²) in [6.45, 7) is 0.664. The topological polar surface area (TPSA) is 63.7 Å². The molecule has 0 N–H and O–H groups in total. The average Bonchev–Trinajstić information content (AvgIpc) is 2.61. The molecule has 1 aromatic rings. The van der Waals surface area contributed by atoms with Crippen LogP contribution in [0.25, 0.3) is 0 Å². The summed E-state index contributed by atoms with van der Waals surface area (Å²) >= 11 is 0. The van der Waals surface area contributed by atoms with Crippen LogP contribution >= 0.6 is 10.7 Å². The van der Waals surface area contributed by atoms with Crippen molar-refractivity contribution in [2.24, 2.45) is 0 Å². The second-order valence-electron chi connectivity index (χ2n) is 4.06. The van der Waals surface area contributed by atoms with Crippen LogP contribution in [0.1, 0.15) is 6.42 Å². The highest BCUT2D eigenvalue weighted by molar-refractivity contribution is 8.13. The maximum Gasteiger partial charge on any atom is 0.263 e. The highest BCUT2D eigenvalue weighted by Gasteiger charge is 2.30. The summed E-state index contributed by atoms with van der Waals surface area (Å²) < 4.78 is 27.6. The lowest BCUT2D eigenvalue weighted by Gasteiger charge is -2.12. The number of halogens is 1. The van der Waals surface area contributed by atoms with Gasteiger partial charge < -0.3 is 9.64 Å². The van der Waals surface area contributed by atoms with Crippen LogP contribution in [0.2, 0.25) is 0 Å². The molecule has 1 fully saturated rings. The Bertz CT molecular complexity index is 555. The summed E-state index contributed by atoms with van der Waals surface area (Å²) in [7, 11) is 3.19. The molecule has 1 saturated heterocycles. The van der Waals surface area contributed by atoms with Gasteiger partial charge in [-0.05, 0) is 24.3 Å². The summed E-state index contributed by atoms with van der Waals surface area (Å²) in [5.41, 5.74) is 0. The van der Waals surface area contributed by atoms with Crippen molar-refractivity contribution >= 4 is 25.6 Å². The molecule has 0 spiro atoms. The van der Waals surface area contributed by atoms with Crippen LogP contribution in [-0.2, 0) is 13.8 Å². The molecule has 1 aliphatic heterocycles. The fourth-order valence-corrected chi connectivity index (χ4v) is 2.51. The van der Waals surface area contributed by atoms with Gasteiger partial charge in [0.25, 0.3) is 15.0 Å². The van der Waals surface area contributed by atoms with Gasteiger partial charge in [-0.15, -0.1) is 0 Å². The highest BCUT2D eigenvalue weighted by atomic mass is 35.7. The van der Waals surface area contributed by atoms with Gasteiger partial charge in [-0.3, -0.25) is 4.79 Å². The zero-order valence-electron chi connectivity index (χ0n) is 9.67. The van der Waals surface area contributed by atoms with Crippen LogP contribution in [0.4, 0.5) is 0 Å². The second-order valence-corrected chi connectivity index (χ2v) is 6.63. The maximum absolute atomic E-state index is 11.6. The Morgan fingerprint density at radius 1 is 1.33 bits per heavy atom. The standard InChI is InChI=1S/C11H12ClNO4S/c1-13-7-6-10(11(13)14)17-8-2-4-9(5-3-8)18(12,15)16/h2-5,10H,6-7H2,1H3. The molecule has 0 aromatic heterocycles. The van der Waals surface area contributed by atoms with E-state index in [1.165, 1.54) is 24.3 Å². The number of ether oxygens (including phenoxy) is 1. The fourth-order valence-electron chi connectivity index (χ4n) is 1.74. The van der Waals surface area contributed by atoms with Gasteiger partial charge in [0.05, 0.1) is 4.90 Å². The zero-order valence-corrected chi connectivity index (χ0v) is 11.2. The van der Waals surface area contributed by atoms with Crippen LogP contribution < -0.4 is 4.74 Å². The molecule has 1 unspecified atom stereocenters. The number of carbonyl (C=O) groups is 1. The molecule has 1 aromatic carbocycles. The maximum atomic E-state index is 11.6. The van der Waals surface area contributed by atoms with Gasteiger partial charge in [-0.25, -0.2) is 8.42 Å². The first-order valence-electron chi connectivity index (χ1n) is 5.34. The van der Waals surface area contributed by atoms with Gasteiger partial charge in [-0.1, -0.05) is 0 Å². The van der Waals surface area contributed by atoms with E-state index in [9.17, 15) is 13.2 Å². The smallest absolute Gasteiger partial charge is 0.263 e. The van der Waals surface area contributed by atoms with E-state index in [-0.39, 0.29) is 10.8 Å². The molecule has 98 valence electrons. The van der Waals surface area contributed by atoms with Crippen LogP contribution in [0, 0.1) is 0 Å². The van der Waals surface area contributed by atoms with Crippen molar-refractivity contribution in [1.29, 1.82) is 0 Å². The van der Waals surface area contributed by atoms with E-state index in [1.807, 2.05) is 0 Å². The minimum atomic E-state index is -3.72. The van der Waals surface area contributed by atoms with Crippen molar-refractivity contribution in [1.82, 2.24) is 4.90 Å². The molecule has 1 aliphatic rings. The molecule has 18 heavy (non-hydrogen) atoms. The highest BCUT2D eigenvalue weighted by Crippen LogP contribution is 2.22. The van der Waals surface area contributed by atoms with Gasteiger partial charge >= 0.3 is 0 Å². The van der Waals surface area contributed by atoms with Crippen LogP contribution in [0.5, 0.6) is 5.75 Å². The van der Waals surface area contributed by atoms with E-state index in [0.29, 0.717) is 18.7 Å². The summed E-state index contributed by atoms with van der Waals surface area (Å²) in [5.74, 6) is 0.386. The Labute approximate surface area is 110 Å². The Hall–Kier alpha value is -1.27. The van der Waals surface area contributed by atoms with Crippen molar-refractivity contribution in [2.45, 2.75) is 17.4 Å². The predicted octanol–water partition coefficient (Wildman–Crippen LogP) is 1.22. The van der Waals surface area contributed by atoms with Gasteiger partial charge in [0.2, 0.25) is 0 Å². The minimum Gasteiger partial charge on any atom is -0.481 e. The molecule has 5 nitrogen and oxygen atoms in total. The minimum absolute atomic E-state index is 0.00591. The molecule has 1 heterocycles. The third-order valence-electron chi connectivity index (χ3n) is 2.76. The molecular formula is C11H12ClNO4S.